The summed E-state index contributed by atoms with van der Waals surface area (Å²) in [5.74, 6) is -1.67. The zero-order chi connectivity index (χ0) is 15.8. The third-order valence-electron chi connectivity index (χ3n) is 2.65. The standard InChI is InChI=1S/C15H10F2O2.C2H6/c16-12-5-1-10(2-6-12)14(18)9-15(19)11-3-7-13(17)8-4-11;1-2/h1-8H,9H2;1-2H3. The van der Waals surface area contributed by atoms with Crippen molar-refractivity contribution in [2.45, 2.75) is 20.3 Å². The fraction of sp³-hybridized carbons (Fsp3) is 0.176. The van der Waals surface area contributed by atoms with Crippen molar-refractivity contribution >= 4 is 11.6 Å². The van der Waals surface area contributed by atoms with Crippen LogP contribution in [0, 0.1) is 11.6 Å². The van der Waals surface area contributed by atoms with Crippen LogP contribution in [0.15, 0.2) is 48.5 Å². The van der Waals surface area contributed by atoms with Crippen LogP contribution >= 0.6 is 0 Å². The summed E-state index contributed by atoms with van der Waals surface area (Å²) < 4.78 is 25.4. The second-order valence-corrected chi connectivity index (χ2v) is 4.04. The molecule has 0 atom stereocenters. The molecule has 4 heteroatoms. The van der Waals surface area contributed by atoms with Crippen molar-refractivity contribution in [3.8, 4) is 0 Å². The Morgan fingerprint density at radius 3 is 1.29 bits per heavy atom. The summed E-state index contributed by atoms with van der Waals surface area (Å²) >= 11 is 0. The molecule has 2 rings (SSSR count). The minimum Gasteiger partial charge on any atom is -0.294 e. The molecular formula is C17H16F2O2. The SMILES string of the molecule is CC.O=C(CC(=O)c1ccc(F)cc1)c1ccc(F)cc1. The van der Waals surface area contributed by atoms with Crippen molar-refractivity contribution in [3.63, 3.8) is 0 Å². The smallest absolute Gasteiger partial charge is 0.170 e. The van der Waals surface area contributed by atoms with Gasteiger partial charge in [-0.1, -0.05) is 13.8 Å². The molecule has 0 saturated heterocycles. The Morgan fingerprint density at radius 2 is 1.00 bits per heavy atom. The van der Waals surface area contributed by atoms with Crippen LogP contribution in [0.2, 0.25) is 0 Å². The lowest BCUT2D eigenvalue weighted by atomic mass is 10.0. The molecule has 21 heavy (non-hydrogen) atoms. The van der Waals surface area contributed by atoms with Crippen molar-refractivity contribution in [1.82, 2.24) is 0 Å². The van der Waals surface area contributed by atoms with Crippen LogP contribution in [-0.2, 0) is 0 Å². The molecule has 2 nitrogen and oxygen atoms in total. The van der Waals surface area contributed by atoms with Crippen LogP contribution in [0.25, 0.3) is 0 Å². The molecule has 110 valence electrons. The molecule has 0 heterocycles. The number of hydrogen-bond acceptors (Lipinski definition) is 2. The van der Waals surface area contributed by atoms with Gasteiger partial charge < -0.3 is 0 Å². The molecule has 0 aliphatic rings. The average Bonchev–Trinajstić information content (AvgIpc) is 2.50. The Kier molecular flexibility index (Phi) is 6.40. The van der Waals surface area contributed by atoms with Gasteiger partial charge in [0.25, 0.3) is 0 Å². The summed E-state index contributed by atoms with van der Waals surface area (Å²) in [6.07, 6.45) is -0.322. The second-order valence-electron chi connectivity index (χ2n) is 4.04. The minimum atomic E-state index is -0.443. The highest BCUT2D eigenvalue weighted by atomic mass is 19.1. The number of benzene rings is 2. The van der Waals surface area contributed by atoms with Gasteiger partial charge in [-0.25, -0.2) is 8.78 Å². The zero-order valence-corrected chi connectivity index (χ0v) is 11.9. The number of Topliss-reactive ketones (excluding diaryl/α,β-unsaturated/α-hetero) is 2. The lowest BCUT2D eigenvalue weighted by molar-refractivity contribution is 0.0894. The van der Waals surface area contributed by atoms with E-state index >= 15 is 0 Å². The minimum absolute atomic E-state index is 0.275. The largest absolute Gasteiger partial charge is 0.294 e. The van der Waals surface area contributed by atoms with E-state index in [4.69, 9.17) is 0 Å². The summed E-state index contributed by atoms with van der Waals surface area (Å²) in [5, 5.41) is 0. The van der Waals surface area contributed by atoms with Crippen molar-refractivity contribution in [3.05, 3.63) is 71.3 Å². The van der Waals surface area contributed by atoms with E-state index in [2.05, 4.69) is 0 Å². The van der Waals surface area contributed by atoms with Gasteiger partial charge in [0.2, 0.25) is 0 Å². The van der Waals surface area contributed by atoms with Gasteiger partial charge in [0.05, 0.1) is 6.42 Å². The number of hydrogen-bond donors (Lipinski definition) is 0. The lowest BCUT2D eigenvalue weighted by Crippen LogP contribution is -2.08. The molecule has 0 fully saturated rings. The summed E-state index contributed by atoms with van der Waals surface area (Å²) in [7, 11) is 0. The van der Waals surface area contributed by atoms with E-state index in [1.807, 2.05) is 13.8 Å². The molecule has 0 radical (unpaired) electrons. The van der Waals surface area contributed by atoms with Gasteiger partial charge in [-0.15, -0.1) is 0 Å². The van der Waals surface area contributed by atoms with Crippen LogP contribution in [0.1, 0.15) is 41.0 Å². The predicted octanol–water partition coefficient (Wildman–Crippen LogP) is 4.45. The average molecular weight is 290 g/mol. The third kappa shape index (κ3) is 4.91. The first kappa shape index (κ1) is 16.7. The van der Waals surface area contributed by atoms with Crippen LogP contribution < -0.4 is 0 Å². The Hall–Kier alpha value is -2.36. The van der Waals surface area contributed by atoms with E-state index < -0.39 is 23.2 Å². The van der Waals surface area contributed by atoms with E-state index in [1.165, 1.54) is 24.3 Å². The zero-order valence-electron chi connectivity index (χ0n) is 11.9. The van der Waals surface area contributed by atoms with Crippen LogP contribution in [0.5, 0.6) is 0 Å². The molecular weight excluding hydrogens is 274 g/mol. The van der Waals surface area contributed by atoms with Crippen LogP contribution in [-0.4, -0.2) is 11.6 Å². The molecule has 0 N–H and O–H groups in total. The van der Waals surface area contributed by atoms with E-state index in [0.717, 1.165) is 24.3 Å². The number of carbonyl (C=O) groups excluding carboxylic acids is 2. The lowest BCUT2D eigenvalue weighted by Gasteiger charge is -2.01. The van der Waals surface area contributed by atoms with Gasteiger partial charge in [-0.05, 0) is 48.5 Å². The molecule has 0 aliphatic heterocycles. The first-order valence-electron chi connectivity index (χ1n) is 6.64. The highest BCUT2D eigenvalue weighted by Crippen LogP contribution is 2.10. The van der Waals surface area contributed by atoms with Gasteiger partial charge in [0.15, 0.2) is 11.6 Å². The number of carbonyl (C=O) groups is 2. The molecule has 2 aromatic rings. The third-order valence-corrected chi connectivity index (χ3v) is 2.65. The first-order chi connectivity index (χ1) is 10.1. The maximum absolute atomic E-state index is 12.7. The molecule has 0 unspecified atom stereocenters. The quantitative estimate of drug-likeness (QED) is 0.616. The Morgan fingerprint density at radius 1 is 0.714 bits per heavy atom. The van der Waals surface area contributed by atoms with E-state index in [9.17, 15) is 18.4 Å². The molecule has 0 spiro atoms. The monoisotopic (exact) mass is 290 g/mol. The summed E-state index contributed by atoms with van der Waals surface area (Å²) in [4.78, 5) is 23.6. The molecule has 0 saturated carbocycles. The van der Waals surface area contributed by atoms with Crippen molar-refractivity contribution < 1.29 is 18.4 Å². The number of rotatable bonds is 4. The van der Waals surface area contributed by atoms with Crippen LogP contribution in [0.3, 0.4) is 0 Å². The Bertz CT molecular complexity index is 546. The first-order valence-corrected chi connectivity index (χ1v) is 6.64. The van der Waals surface area contributed by atoms with Gasteiger partial charge >= 0.3 is 0 Å². The van der Waals surface area contributed by atoms with Crippen molar-refractivity contribution in [2.24, 2.45) is 0 Å². The maximum Gasteiger partial charge on any atom is 0.170 e. The normalized spacial score (nSPS) is 9.52. The van der Waals surface area contributed by atoms with Gasteiger partial charge in [0, 0.05) is 11.1 Å². The molecule has 0 bridgehead atoms. The molecule has 0 aromatic heterocycles. The van der Waals surface area contributed by atoms with E-state index in [0.29, 0.717) is 0 Å². The van der Waals surface area contributed by atoms with Gasteiger partial charge in [-0.2, -0.15) is 0 Å². The Balaban J connectivity index is 0.00000106. The summed E-state index contributed by atoms with van der Waals surface area (Å²) in [6.45, 7) is 4.00. The topological polar surface area (TPSA) is 34.1 Å². The van der Waals surface area contributed by atoms with Crippen LogP contribution in [0.4, 0.5) is 8.78 Å². The number of halogens is 2. The summed E-state index contributed by atoms with van der Waals surface area (Å²) in [5.41, 5.74) is 0.550. The van der Waals surface area contributed by atoms with E-state index in [1.54, 1.807) is 0 Å². The molecule has 0 amide bonds. The number of ketones is 2. The van der Waals surface area contributed by atoms with Gasteiger partial charge in [-0.3, -0.25) is 9.59 Å². The van der Waals surface area contributed by atoms with Gasteiger partial charge in [0.1, 0.15) is 11.6 Å². The Labute approximate surface area is 122 Å². The summed E-state index contributed by atoms with van der Waals surface area (Å²) in [6, 6.07) is 9.97. The maximum atomic E-state index is 12.7. The molecule has 0 aliphatic carbocycles. The fourth-order valence-electron chi connectivity index (χ4n) is 1.62. The second kappa shape index (κ2) is 8.04. The van der Waals surface area contributed by atoms with Crippen molar-refractivity contribution in [1.29, 1.82) is 0 Å². The van der Waals surface area contributed by atoms with E-state index in [-0.39, 0.29) is 17.5 Å². The van der Waals surface area contributed by atoms with Crippen molar-refractivity contribution in [2.75, 3.05) is 0 Å². The molecule has 2 aromatic carbocycles. The fourth-order valence-corrected chi connectivity index (χ4v) is 1.62. The highest BCUT2D eigenvalue weighted by Gasteiger charge is 2.13. The highest BCUT2D eigenvalue weighted by molar-refractivity contribution is 6.13. The predicted molar refractivity (Wildman–Crippen MR) is 77.4 cm³/mol.